The Hall–Kier alpha value is -2.22. The number of hydrogen-bond donors (Lipinski definition) is 2. The SMILES string of the molecule is COCc1cccc(C(=O)Nc2ccc(C)c(S(N)(=O)=O)c2)c1. The third-order valence-corrected chi connectivity index (χ3v) is 4.31. The largest absolute Gasteiger partial charge is 0.380 e. The Labute approximate surface area is 135 Å². The summed E-state index contributed by atoms with van der Waals surface area (Å²) in [6, 6.07) is 11.6. The maximum Gasteiger partial charge on any atom is 0.255 e. The minimum atomic E-state index is -3.84. The van der Waals surface area contributed by atoms with Crippen LogP contribution in [0.3, 0.4) is 0 Å². The highest BCUT2D eigenvalue weighted by Gasteiger charge is 2.14. The van der Waals surface area contributed by atoms with E-state index in [-0.39, 0.29) is 10.8 Å². The van der Waals surface area contributed by atoms with Crippen molar-refractivity contribution in [3.8, 4) is 0 Å². The van der Waals surface area contributed by atoms with E-state index in [1.807, 2.05) is 6.07 Å². The van der Waals surface area contributed by atoms with Crippen molar-refractivity contribution in [2.24, 2.45) is 5.14 Å². The van der Waals surface area contributed by atoms with Gasteiger partial charge in [0.1, 0.15) is 0 Å². The molecular weight excluding hydrogens is 316 g/mol. The van der Waals surface area contributed by atoms with Gasteiger partial charge in [0.25, 0.3) is 5.91 Å². The highest BCUT2D eigenvalue weighted by atomic mass is 32.2. The number of carbonyl (C=O) groups excluding carboxylic acids is 1. The Kier molecular flexibility index (Phi) is 5.15. The van der Waals surface area contributed by atoms with Gasteiger partial charge in [0.2, 0.25) is 10.0 Å². The zero-order valence-electron chi connectivity index (χ0n) is 12.9. The molecule has 2 aromatic carbocycles. The molecule has 0 radical (unpaired) electrons. The first-order valence-corrected chi connectivity index (χ1v) is 8.38. The lowest BCUT2D eigenvalue weighted by Crippen LogP contribution is -2.16. The number of primary sulfonamides is 1. The van der Waals surface area contributed by atoms with E-state index in [0.717, 1.165) is 5.56 Å². The van der Waals surface area contributed by atoms with E-state index in [1.165, 1.54) is 6.07 Å². The fourth-order valence-corrected chi connectivity index (χ4v) is 2.96. The van der Waals surface area contributed by atoms with E-state index in [0.29, 0.717) is 23.4 Å². The van der Waals surface area contributed by atoms with E-state index in [2.05, 4.69) is 5.32 Å². The predicted octanol–water partition coefficient (Wildman–Crippen LogP) is 2.04. The Morgan fingerprint density at radius 2 is 1.96 bits per heavy atom. The first kappa shape index (κ1) is 17.1. The molecule has 0 aromatic heterocycles. The Morgan fingerprint density at radius 1 is 1.22 bits per heavy atom. The standard InChI is InChI=1S/C16H18N2O4S/c1-11-6-7-14(9-15(11)23(17,20)21)18-16(19)13-5-3-4-12(8-13)10-22-2/h3-9H,10H2,1-2H3,(H,18,19)(H2,17,20,21). The molecule has 3 N–H and O–H groups in total. The molecule has 2 aromatic rings. The first-order valence-electron chi connectivity index (χ1n) is 6.84. The number of hydrogen-bond acceptors (Lipinski definition) is 4. The second kappa shape index (κ2) is 6.91. The molecule has 0 fully saturated rings. The summed E-state index contributed by atoms with van der Waals surface area (Å²) in [5.41, 5.74) is 2.21. The summed E-state index contributed by atoms with van der Waals surface area (Å²) in [6.07, 6.45) is 0. The number of amides is 1. The van der Waals surface area contributed by atoms with E-state index >= 15 is 0 Å². The van der Waals surface area contributed by atoms with Crippen LogP contribution < -0.4 is 10.5 Å². The topological polar surface area (TPSA) is 98.5 Å². The minimum absolute atomic E-state index is 0.0107. The van der Waals surface area contributed by atoms with Crippen molar-refractivity contribution in [3.05, 3.63) is 59.2 Å². The van der Waals surface area contributed by atoms with Gasteiger partial charge < -0.3 is 10.1 Å². The smallest absolute Gasteiger partial charge is 0.255 e. The number of nitrogens with two attached hydrogens (primary N) is 1. The van der Waals surface area contributed by atoms with Crippen LogP contribution in [0.2, 0.25) is 0 Å². The summed E-state index contributed by atoms with van der Waals surface area (Å²) >= 11 is 0. The highest BCUT2D eigenvalue weighted by molar-refractivity contribution is 7.89. The number of ether oxygens (including phenoxy) is 1. The van der Waals surface area contributed by atoms with Gasteiger partial charge in [-0.2, -0.15) is 0 Å². The van der Waals surface area contributed by atoms with Gasteiger partial charge in [-0.1, -0.05) is 18.2 Å². The average Bonchev–Trinajstić information content (AvgIpc) is 2.48. The molecule has 23 heavy (non-hydrogen) atoms. The maximum atomic E-state index is 12.3. The fraction of sp³-hybridized carbons (Fsp3) is 0.188. The van der Waals surface area contributed by atoms with Crippen molar-refractivity contribution in [3.63, 3.8) is 0 Å². The molecule has 0 bridgehead atoms. The van der Waals surface area contributed by atoms with Gasteiger partial charge >= 0.3 is 0 Å². The lowest BCUT2D eigenvalue weighted by atomic mass is 10.1. The molecule has 0 unspecified atom stereocenters. The quantitative estimate of drug-likeness (QED) is 0.874. The average molecular weight is 334 g/mol. The molecular formula is C16H18N2O4S. The van der Waals surface area contributed by atoms with Gasteiger partial charge in [-0.3, -0.25) is 4.79 Å². The second-order valence-corrected chi connectivity index (χ2v) is 6.64. The molecule has 0 heterocycles. The number of benzene rings is 2. The summed E-state index contributed by atoms with van der Waals surface area (Å²) < 4.78 is 28.1. The molecule has 0 aliphatic carbocycles. The minimum Gasteiger partial charge on any atom is -0.380 e. The van der Waals surface area contributed by atoms with Gasteiger partial charge in [0.05, 0.1) is 11.5 Å². The molecule has 0 saturated heterocycles. The molecule has 0 aliphatic rings. The van der Waals surface area contributed by atoms with Crippen LogP contribution in [0.15, 0.2) is 47.4 Å². The van der Waals surface area contributed by atoms with Gasteiger partial charge in [-0.15, -0.1) is 0 Å². The molecule has 2 rings (SSSR count). The van der Waals surface area contributed by atoms with Crippen LogP contribution in [-0.4, -0.2) is 21.4 Å². The number of nitrogens with one attached hydrogen (secondary N) is 1. The number of rotatable bonds is 5. The maximum absolute atomic E-state index is 12.3. The van der Waals surface area contributed by atoms with Crippen molar-refractivity contribution in [2.45, 2.75) is 18.4 Å². The van der Waals surface area contributed by atoms with Crippen LogP contribution in [-0.2, 0) is 21.4 Å². The number of anilines is 1. The van der Waals surface area contributed by atoms with Crippen LogP contribution in [0.5, 0.6) is 0 Å². The fourth-order valence-electron chi connectivity index (χ4n) is 2.16. The number of carbonyl (C=O) groups is 1. The van der Waals surface area contributed by atoms with Gasteiger partial charge in [-0.05, 0) is 42.3 Å². The third kappa shape index (κ3) is 4.38. The lowest BCUT2D eigenvalue weighted by molar-refractivity contribution is 0.102. The second-order valence-electron chi connectivity index (χ2n) is 5.11. The molecule has 1 amide bonds. The van der Waals surface area contributed by atoms with E-state index in [4.69, 9.17) is 9.88 Å². The summed E-state index contributed by atoms with van der Waals surface area (Å²) in [7, 11) is -2.26. The predicted molar refractivity (Wildman–Crippen MR) is 87.7 cm³/mol. The number of sulfonamides is 1. The molecule has 6 nitrogen and oxygen atoms in total. The van der Waals surface area contributed by atoms with E-state index in [9.17, 15) is 13.2 Å². The number of aryl methyl sites for hydroxylation is 1. The summed E-state index contributed by atoms with van der Waals surface area (Å²) in [4.78, 5) is 12.3. The van der Waals surface area contributed by atoms with Crippen LogP contribution >= 0.6 is 0 Å². The highest BCUT2D eigenvalue weighted by Crippen LogP contribution is 2.19. The van der Waals surface area contributed by atoms with Crippen LogP contribution in [0.25, 0.3) is 0 Å². The van der Waals surface area contributed by atoms with Gasteiger partial charge in [-0.25, -0.2) is 13.6 Å². The normalized spacial score (nSPS) is 11.3. The molecule has 7 heteroatoms. The summed E-state index contributed by atoms with van der Waals surface area (Å²) in [5.74, 6) is -0.341. The molecule has 0 saturated carbocycles. The Morgan fingerprint density at radius 3 is 2.61 bits per heavy atom. The summed E-state index contributed by atoms with van der Waals surface area (Å²) in [6.45, 7) is 2.04. The zero-order valence-corrected chi connectivity index (χ0v) is 13.7. The summed E-state index contributed by atoms with van der Waals surface area (Å²) in [5, 5.41) is 7.83. The first-order chi connectivity index (χ1) is 10.8. The zero-order chi connectivity index (χ0) is 17.0. The molecule has 0 spiro atoms. The third-order valence-electron chi connectivity index (χ3n) is 3.25. The van der Waals surface area contributed by atoms with E-state index < -0.39 is 10.0 Å². The van der Waals surface area contributed by atoms with Crippen LogP contribution in [0.4, 0.5) is 5.69 Å². The van der Waals surface area contributed by atoms with Crippen molar-refractivity contribution >= 4 is 21.6 Å². The van der Waals surface area contributed by atoms with Crippen molar-refractivity contribution in [2.75, 3.05) is 12.4 Å². The van der Waals surface area contributed by atoms with Crippen molar-refractivity contribution in [1.29, 1.82) is 0 Å². The lowest BCUT2D eigenvalue weighted by Gasteiger charge is -2.09. The van der Waals surface area contributed by atoms with Crippen molar-refractivity contribution in [1.82, 2.24) is 0 Å². The van der Waals surface area contributed by atoms with Gasteiger partial charge in [0.15, 0.2) is 0 Å². The van der Waals surface area contributed by atoms with Crippen molar-refractivity contribution < 1.29 is 17.9 Å². The molecule has 122 valence electrons. The van der Waals surface area contributed by atoms with E-state index in [1.54, 1.807) is 44.4 Å². The van der Waals surface area contributed by atoms with Gasteiger partial charge in [0, 0.05) is 18.4 Å². The van der Waals surface area contributed by atoms with Crippen LogP contribution in [0.1, 0.15) is 21.5 Å². The van der Waals surface area contributed by atoms with Crippen LogP contribution in [0, 0.1) is 6.92 Å². The molecule has 0 atom stereocenters. The number of methoxy groups -OCH3 is 1. The molecule has 0 aliphatic heterocycles. The monoisotopic (exact) mass is 334 g/mol. The Balaban J connectivity index is 2.25. The Bertz CT molecular complexity index is 832.